The quantitative estimate of drug-likeness (QED) is 0.773. The SMILES string of the molecule is CC1C(C(=O)O)CCN1CCN1CCCC1. The zero-order valence-corrected chi connectivity index (χ0v) is 10.1. The van der Waals surface area contributed by atoms with Gasteiger partial charge in [0.15, 0.2) is 0 Å². The first-order valence-electron chi connectivity index (χ1n) is 6.37. The molecule has 4 nitrogen and oxygen atoms in total. The lowest BCUT2D eigenvalue weighted by Crippen LogP contribution is -2.38. The van der Waals surface area contributed by atoms with Gasteiger partial charge in [-0.25, -0.2) is 0 Å². The van der Waals surface area contributed by atoms with Crippen molar-refractivity contribution in [2.75, 3.05) is 32.7 Å². The van der Waals surface area contributed by atoms with Gasteiger partial charge in [-0.05, 0) is 45.8 Å². The van der Waals surface area contributed by atoms with Gasteiger partial charge in [0.25, 0.3) is 0 Å². The fraction of sp³-hybridized carbons (Fsp3) is 0.917. The van der Waals surface area contributed by atoms with Crippen LogP contribution in [0.5, 0.6) is 0 Å². The Kier molecular flexibility index (Phi) is 3.82. The van der Waals surface area contributed by atoms with E-state index in [0.29, 0.717) is 0 Å². The molecule has 2 aliphatic rings. The first-order chi connectivity index (χ1) is 7.68. The van der Waals surface area contributed by atoms with Gasteiger partial charge >= 0.3 is 5.97 Å². The van der Waals surface area contributed by atoms with Gasteiger partial charge in [-0.15, -0.1) is 0 Å². The maximum absolute atomic E-state index is 11.0. The summed E-state index contributed by atoms with van der Waals surface area (Å²) < 4.78 is 0. The summed E-state index contributed by atoms with van der Waals surface area (Å²) in [5.74, 6) is -0.783. The third-order valence-electron chi connectivity index (χ3n) is 4.10. The number of carboxylic acids is 1. The summed E-state index contributed by atoms with van der Waals surface area (Å²) in [7, 11) is 0. The fourth-order valence-corrected chi connectivity index (χ4v) is 2.93. The van der Waals surface area contributed by atoms with Crippen LogP contribution < -0.4 is 0 Å². The van der Waals surface area contributed by atoms with Gasteiger partial charge in [0.1, 0.15) is 0 Å². The van der Waals surface area contributed by atoms with E-state index in [0.717, 1.165) is 26.1 Å². The van der Waals surface area contributed by atoms with E-state index in [1.807, 2.05) is 0 Å². The number of hydrogen-bond donors (Lipinski definition) is 1. The minimum absolute atomic E-state index is 0.154. The lowest BCUT2D eigenvalue weighted by atomic mass is 10.0. The lowest BCUT2D eigenvalue weighted by molar-refractivity contribution is -0.142. The maximum atomic E-state index is 11.0. The second-order valence-corrected chi connectivity index (χ2v) is 5.06. The molecular formula is C12H22N2O2. The average molecular weight is 226 g/mol. The van der Waals surface area contributed by atoms with E-state index in [-0.39, 0.29) is 12.0 Å². The molecule has 2 saturated heterocycles. The van der Waals surface area contributed by atoms with Crippen molar-refractivity contribution < 1.29 is 9.90 Å². The van der Waals surface area contributed by atoms with Gasteiger partial charge in [0.05, 0.1) is 5.92 Å². The summed E-state index contributed by atoms with van der Waals surface area (Å²) >= 11 is 0. The van der Waals surface area contributed by atoms with Crippen LogP contribution in [-0.4, -0.2) is 59.6 Å². The molecule has 2 atom stereocenters. The summed E-state index contributed by atoms with van der Waals surface area (Å²) in [6.45, 7) is 7.60. The van der Waals surface area contributed by atoms with Gasteiger partial charge in [-0.2, -0.15) is 0 Å². The van der Waals surface area contributed by atoms with Crippen LogP contribution in [0.4, 0.5) is 0 Å². The lowest BCUT2D eigenvalue weighted by Gasteiger charge is -2.25. The van der Waals surface area contributed by atoms with Crippen molar-refractivity contribution in [3.05, 3.63) is 0 Å². The van der Waals surface area contributed by atoms with Crippen molar-refractivity contribution >= 4 is 5.97 Å². The van der Waals surface area contributed by atoms with Crippen LogP contribution in [0.2, 0.25) is 0 Å². The molecule has 0 aliphatic carbocycles. The molecule has 0 bridgehead atoms. The standard InChI is InChI=1S/C12H22N2O2/c1-10-11(12(15)16)4-7-14(10)9-8-13-5-2-3-6-13/h10-11H,2-9H2,1H3,(H,15,16). The van der Waals surface area contributed by atoms with Crippen molar-refractivity contribution in [2.24, 2.45) is 5.92 Å². The molecule has 0 radical (unpaired) electrons. The second-order valence-electron chi connectivity index (χ2n) is 5.06. The van der Waals surface area contributed by atoms with Crippen molar-refractivity contribution in [1.82, 2.24) is 9.80 Å². The Hall–Kier alpha value is -0.610. The van der Waals surface area contributed by atoms with Gasteiger partial charge in [0.2, 0.25) is 0 Å². The number of likely N-dealkylation sites (tertiary alicyclic amines) is 2. The summed E-state index contributed by atoms with van der Waals surface area (Å²) in [4.78, 5) is 15.8. The predicted octanol–water partition coefficient (Wildman–Crippen LogP) is 0.877. The molecule has 2 aliphatic heterocycles. The molecule has 2 rings (SSSR count). The predicted molar refractivity (Wildman–Crippen MR) is 62.5 cm³/mol. The van der Waals surface area contributed by atoms with E-state index < -0.39 is 5.97 Å². The van der Waals surface area contributed by atoms with Crippen molar-refractivity contribution in [1.29, 1.82) is 0 Å². The smallest absolute Gasteiger partial charge is 0.308 e. The zero-order chi connectivity index (χ0) is 11.5. The van der Waals surface area contributed by atoms with E-state index in [2.05, 4.69) is 16.7 Å². The Morgan fingerprint density at radius 2 is 1.94 bits per heavy atom. The molecule has 0 aromatic carbocycles. The molecule has 1 N–H and O–H groups in total. The topological polar surface area (TPSA) is 43.8 Å². The minimum Gasteiger partial charge on any atom is -0.481 e. The molecule has 16 heavy (non-hydrogen) atoms. The Labute approximate surface area is 97.2 Å². The number of rotatable bonds is 4. The Morgan fingerprint density at radius 1 is 1.25 bits per heavy atom. The monoisotopic (exact) mass is 226 g/mol. The van der Waals surface area contributed by atoms with Gasteiger partial charge in [-0.3, -0.25) is 9.69 Å². The molecule has 0 amide bonds. The summed E-state index contributed by atoms with van der Waals surface area (Å²) in [6, 6.07) is 0.208. The summed E-state index contributed by atoms with van der Waals surface area (Å²) in [5, 5.41) is 9.04. The maximum Gasteiger partial charge on any atom is 0.308 e. The number of aliphatic carboxylic acids is 1. The van der Waals surface area contributed by atoms with E-state index >= 15 is 0 Å². The van der Waals surface area contributed by atoms with Gasteiger partial charge < -0.3 is 10.0 Å². The molecule has 2 unspecified atom stereocenters. The van der Waals surface area contributed by atoms with Crippen molar-refractivity contribution in [2.45, 2.75) is 32.2 Å². The Balaban J connectivity index is 1.76. The molecule has 2 fully saturated rings. The third-order valence-corrected chi connectivity index (χ3v) is 4.10. The van der Waals surface area contributed by atoms with Crippen LogP contribution in [0.1, 0.15) is 26.2 Å². The largest absolute Gasteiger partial charge is 0.481 e. The molecule has 92 valence electrons. The van der Waals surface area contributed by atoms with Gasteiger partial charge in [-0.1, -0.05) is 0 Å². The van der Waals surface area contributed by atoms with E-state index in [9.17, 15) is 4.79 Å². The molecule has 0 saturated carbocycles. The highest BCUT2D eigenvalue weighted by atomic mass is 16.4. The fourth-order valence-electron chi connectivity index (χ4n) is 2.93. The van der Waals surface area contributed by atoms with Crippen LogP contribution in [0.25, 0.3) is 0 Å². The first kappa shape index (κ1) is 11.9. The zero-order valence-electron chi connectivity index (χ0n) is 10.1. The van der Waals surface area contributed by atoms with Gasteiger partial charge in [0, 0.05) is 19.1 Å². The summed E-state index contributed by atoms with van der Waals surface area (Å²) in [6.07, 6.45) is 3.47. The number of carboxylic acid groups (broad SMARTS) is 1. The first-order valence-corrected chi connectivity index (χ1v) is 6.37. The van der Waals surface area contributed by atoms with Crippen LogP contribution in [0.15, 0.2) is 0 Å². The Bertz CT molecular complexity index is 251. The third kappa shape index (κ3) is 2.55. The molecular weight excluding hydrogens is 204 g/mol. The van der Waals surface area contributed by atoms with E-state index in [1.54, 1.807) is 0 Å². The van der Waals surface area contributed by atoms with Crippen LogP contribution >= 0.6 is 0 Å². The molecule has 0 aromatic heterocycles. The highest BCUT2D eigenvalue weighted by Gasteiger charge is 2.35. The second kappa shape index (κ2) is 5.15. The highest BCUT2D eigenvalue weighted by molar-refractivity contribution is 5.71. The minimum atomic E-state index is -0.629. The number of nitrogens with zero attached hydrogens (tertiary/aromatic N) is 2. The molecule has 0 aromatic rings. The molecule has 2 heterocycles. The highest BCUT2D eigenvalue weighted by Crippen LogP contribution is 2.24. The number of hydrogen-bond acceptors (Lipinski definition) is 3. The Morgan fingerprint density at radius 3 is 2.50 bits per heavy atom. The van der Waals surface area contributed by atoms with Crippen LogP contribution in [0, 0.1) is 5.92 Å². The van der Waals surface area contributed by atoms with E-state index in [1.165, 1.54) is 25.9 Å². The van der Waals surface area contributed by atoms with Crippen LogP contribution in [-0.2, 0) is 4.79 Å². The number of carbonyl (C=O) groups is 1. The summed E-state index contributed by atoms with van der Waals surface area (Å²) in [5.41, 5.74) is 0. The van der Waals surface area contributed by atoms with Crippen molar-refractivity contribution in [3.8, 4) is 0 Å². The van der Waals surface area contributed by atoms with E-state index in [4.69, 9.17) is 5.11 Å². The van der Waals surface area contributed by atoms with Crippen LogP contribution in [0.3, 0.4) is 0 Å². The average Bonchev–Trinajstić information content (AvgIpc) is 2.84. The van der Waals surface area contributed by atoms with Crippen molar-refractivity contribution in [3.63, 3.8) is 0 Å². The molecule has 4 heteroatoms. The molecule has 0 spiro atoms. The normalized spacial score (nSPS) is 32.3.